The molecule has 1 N–H and O–H groups in total. The summed E-state index contributed by atoms with van der Waals surface area (Å²) in [6, 6.07) is 8.48. The van der Waals surface area contributed by atoms with Gasteiger partial charge in [0, 0.05) is 19.1 Å². The summed E-state index contributed by atoms with van der Waals surface area (Å²) in [5.74, 6) is -0.155. The maximum absolute atomic E-state index is 11.0. The number of carboxylic acids is 1. The van der Waals surface area contributed by atoms with E-state index in [2.05, 4.69) is 38.7 Å². The number of hydrogen-bond acceptors (Lipinski definition) is 2. The van der Waals surface area contributed by atoms with Gasteiger partial charge in [-0.2, -0.15) is 0 Å². The van der Waals surface area contributed by atoms with Crippen molar-refractivity contribution in [2.24, 2.45) is 5.92 Å². The summed E-state index contributed by atoms with van der Waals surface area (Å²) >= 11 is 0. The minimum atomic E-state index is -0.764. The van der Waals surface area contributed by atoms with E-state index in [0.29, 0.717) is 12.0 Å². The first-order chi connectivity index (χ1) is 9.97. The summed E-state index contributed by atoms with van der Waals surface area (Å²) in [7, 11) is 0. The average molecular weight is 291 g/mol. The van der Waals surface area contributed by atoms with Crippen LogP contribution in [0.5, 0.6) is 0 Å². The summed E-state index contributed by atoms with van der Waals surface area (Å²) in [6.45, 7) is 10.8. The Labute approximate surface area is 129 Å². The third kappa shape index (κ3) is 5.88. The van der Waals surface area contributed by atoms with E-state index in [1.807, 2.05) is 18.2 Å². The highest BCUT2D eigenvalue weighted by Crippen LogP contribution is 2.18. The second kappa shape index (κ2) is 8.83. The molecule has 21 heavy (non-hydrogen) atoms. The Hall–Kier alpha value is -1.35. The Morgan fingerprint density at radius 2 is 1.71 bits per heavy atom. The minimum Gasteiger partial charge on any atom is -0.481 e. The number of nitrogens with zero attached hydrogens (tertiary/aromatic N) is 1. The third-order valence-corrected chi connectivity index (χ3v) is 3.89. The second-order valence-corrected chi connectivity index (χ2v) is 6.13. The van der Waals surface area contributed by atoms with Crippen LogP contribution in [0.15, 0.2) is 24.3 Å². The summed E-state index contributed by atoms with van der Waals surface area (Å²) in [6.07, 6.45) is 2.36. The fourth-order valence-electron chi connectivity index (χ4n) is 2.88. The van der Waals surface area contributed by atoms with Crippen molar-refractivity contribution in [2.75, 3.05) is 6.54 Å². The molecule has 0 saturated carbocycles. The van der Waals surface area contributed by atoms with Gasteiger partial charge in [-0.25, -0.2) is 0 Å². The zero-order valence-corrected chi connectivity index (χ0v) is 13.8. The van der Waals surface area contributed by atoms with Gasteiger partial charge in [-0.3, -0.25) is 9.69 Å². The van der Waals surface area contributed by atoms with E-state index in [4.69, 9.17) is 5.11 Å². The molecule has 3 nitrogen and oxygen atoms in total. The van der Waals surface area contributed by atoms with Crippen LogP contribution >= 0.6 is 0 Å². The van der Waals surface area contributed by atoms with E-state index in [0.717, 1.165) is 37.1 Å². The molecular formula is C18H29NO2. The first-order valence-corrected chi connectivity index (χ1v) is 8.00. The van der Waals surface area contributed by atoms with Gasteiger partial charge >= 0.3 is 5.97 Å². The lowest BCUT2D eigenvalue weighted by atomic mass is 10.0. The Morgan fingerprint density at radius 3 is 2.19 bits per heavy atom. The second-order valence-electron chi connectivity index (χ2n) is 6.13. The first-order valence-electron chi connectivity index (χ1n) is 8.00. The predicted octanol–water partition coefficient (Wildman–Crippen LogP) is 3.96. The van der Waals surface area contributed by atoms with Crippen LogP contribution in [0.3, 0.4) is 0 Å². The van der Waals surface area contributed by atoms with Crippen molar-refractivity contribution in [1.82, 2.24) is 4.90 Å². The molecule has 0 fully saturated rings. The van der Waals surface area contributed by atoms with Crippen LogP contribution in [0.25, 0.3) is 0 Å². The molecular weight excluding hydrogens is 262 g/mol. The third-order valence-electron chi connectivity index (χ3n) is 3.89. The van der Waals surface area contributed by atoms with Gasteiger partial charge in [0.15, 0.2) is 0 Å². The summed E-state index contributed by atoms with van der Waals surface area (Å²) < 4.78 is 0. The maximum atomic E-state index is 11.0. The largest absolute Gasteiger partial charge is 0.481 e. The molecule has 118 valence electrons. The number of benzene rings is 1. The number of carboxylic acid groups (broad SMARTS) is 1. The van der Waals surface area contributed by atoms with E-state index < -0.39 is 5.97 Å². The molecule has 0 bridgehead atoms. The number of aliphatic carboxylic acids is 1. The molecule has 0 aliphatic carbocycles. The highest BCUT2D eigenvalue weighted by Gasteiger charge is 2.18. The average Bonchev–Trinajstić information content (AvgIpc) is 2.41. The van der Waals surface area contributed by atoms with Crippen molar-refractivity contribution in [1.29, 1.82) is 0 Å². The molecule has 0 radical (unpaired) electrons. The lowest BCUT2D eigenvalue weighted by Gasteiger charge is -2.32. The molecule has 0 unspecified atom stereocenters. The van der Waals surface area contributed by atoms with Gasteiger partial charge in [-0.15, -0.1) is 0 Å². The van der Waals surface area contributed by atoms with Crippen LogP contribution in [0.4, 0.5) is 0 Å². The van der Waals surface area contributed by atoms with Gasteiger partial charge in [0.2, 0.25) is 0 Å². The summed E-state index contributed by atoms with van der Waals surface area (Å²) in [5.41, 5.74) is 2.08. The molecule has 0 saturated heterocycles. The van der Waals surface area contributed by atoms with Crippen LogP contribution in [0.2, 0.25) is 0 Å². The maximum Gasteiger partial charge on any atom is 0.307 e. The van der Waals surface area contributed by atoms with Crippen LogP contribution in [0.1, 0.15) is 51.7 Å². The Balaban J connectivity index is 2.94. The number of hydrogen-bond donors (Lipinski definition) is 1. The van der Waals surface area contributed by atoms with E-state index in [9.17, 15) is 4.79 Å². The number of carbonyl (C=O) groups is 1. The zero-order chi connectivity index (χ0) is 15.8. The van der Waals surface area contributed by atoms with Crippen molar-refractivity contribution in [3.05, 3.63) is 35.4 Å². The fraction of sp³-hybridized carbons (Fsp3) is 0.611. The van der Waals surface area contributed by atoms with Crippen molar-refractivity contribution in [3.63, 3.8) is 0 Å². The first kappa shape index (κ1) is 17.7. The Bertz CT molecular complexity index is 439. The minimum absolute atomic E-state index is 0.106. The quantitative estimate of drug-likeness (QED) is 0.748. The van der Waals surface area contributed by atoms with Crippen LogP contribution in [-0.2, 0) is 17.8 Å². The lowest BCUT2D eigenvalue weighted by molar-refractivity contribution is -0.136. The van der Waals surface area contributed by atoms with Gasteiger partial charge in [0.1, 0.15) is 0 Å². The Kier molecular flexibility index (Phi) is 7.44. The normalized spacial score (nSPS) is 11.6. The van der Waals surface area contributed by atoms with Crippen LogP contribution in [-0.4, -0.2) is 28.6 Å². The topological polar surface area (TPSA) is 40.5 Å². The smallest absolute Gasteiger partial charge is 0.307 e. The number of rotatable bonds is 9. The van der Waals surface area contributed by atoms with Gasteiger partial charge in [0.05, 0.1) is 6.42 Å². The molecule has 0 aliphatic rings. The van der Waals surface area contributed by atoms with E-state index in [1.165, 1.54) is 0 Å². The summed E-state index contributed by atoms with van der Waals surface area (Å²) in [4.78, 5) is 13.5. The van der Waals surface area contributed by atoms with E-state index >= 15 is 0 Å². The molecule has 0 aromatic heterocycles. The lowest BCUT2D eigenvalue weighted by Crippen LogP contribution is -2.37. The van der Waals surface area contributed by atoms with Crippen LogP contribution < -0.4 is 0 Å². The molecule has 1 aromatic rings. The Morgan fingerprint density at radius 1 is 1.14 bits per heavy atom. The molecule has 0 heterocycles. The highest BCUT2D eigenvalue weighted by molar-refractivity contribution is 5.70. The molecule has 3 heteroatoms. The highest BCUT2D eigenvalue weighted by atomic mass is 16.4. The van der Waals surface area contributed by atoms with Crippen molar-refractivity contribution < 1.29 is 9.90 Å². The SMILES string of the molecule is CCC(CC)N(Cc1ccccc1CC(=O)O)CC(C)C. The fourth-order valence-corrected chi connectivity index (χ4v) is 2.88. The molecule has 0 amide bonds. The molecule has 1 rings (SSSR count). The molecule has 0 atom stereocenters. The zero-order valence-electron chi connectivity index (χ0n) is 13.8. The van der Waals surface area contributed by atoms with E-state index in [-0.39, 0.29) is 6.42 Å². The van der Waals surface area contributed by atoms with Crippen molar-refractivity contribution >= 4 is 5.97 Å². The molecule has 0 aliphatic heterocycles. The van der Waals surface area contributed by atoms with Gasteiger partial charge in [-0.05, 0) is 29.9 Å². The van der Waals surface area contributed by atoms with Crippen molar-refractivity contribution in [3.8, 4) is 0 Å². The van der Waals surface area contributed by atoms with Crippen LogP contribution in [0, 0.1) is 5.92 Å². The van der Waals surface area contributed by atoms with E-state index in [1.54, 1.807) is 0 Å². The molecule has 1 aromatic carbocycles. The predicted molar refractivity (Wildman–Crippen MR) is 87.4 cm³/mol. The van der Waals surface area contributed by atoms with Gasteiger partial charge in [-0.1, -0.05) is 52.0 Å². The molecule has 0 spiro atoms. The standard InChI is InChI=1S/C18H29NO2/c1-5-17(6-2)19(12-14(3)4)13-16-10-8-7-9-15(16)11-18(20)21/h7-10,14,17H,5-6,11-13H2,1-4H3,(H,20,21). The van der Waals surface area contributed by atoms with Gasteiger partial charge < -0.3 is 5.11 Å². The van der Waals surface area contributed by atoms with Gasteiger partial charge in [0.25, 0.3) is 0 Å². The summed E-state index contributed by atoms with van der Waals surface area (Å²) in [5, 5.41) is 9.06. The van der Waals surface area contributed by atoms with Crippen molar-refractivity contribution in [2.45, 2.75) is 59.5 Å². The monoisotopic (exact) mass is 291 g/mol.